The molecule has 0 aliphatic heterocycles. The summed E-state index contributed by atoms with van der Waals surface area (Å²) in [6.07, 6.45) is 0.0504. The van der Waals surface area contributed by atoms with Crippen LogP contribution >= 0.6 is 11.6 Å². The van der Waals surface area contributed by atoms with Gasteiger partial charge in [-0.05, 0) is 67.8 Å². The van der Waals surface area contributed by atoms with Crippen molar-refractivity contribution in [2.45, 2.75) is 39.4 Å². The van der Waals surface area contributed by atoms with Crippen LogP contribution in [-0.4, -0.2) is 22.8 Å². The lowest BCUT2D eigenvalue weighted by Gasteiger charge is -2.19. The zero-order chi connectivity index (χ0) is 20.0. The van der Waals surface area contributed by atoms with Gasteiger partial charge in [-0.15, -0.1) is 0 Å². The van der Waals surface area contributed by atoms with Gasteiger partial charge in [-0.2, -0.15) is 0 Å². The van der Waals surface area contributed by atoms with E-state index in [0.717, 1.165) is 5.56 Å². The Labute approximate surface area is 163 Å². The van der Waals surface area contributed by atoms with E-state index in [2.05, 4.69) is 0 Å². The SMILES string of the molecule is CC(C)(C)OC(=O)c1ccc(COC(=O)c2cccc(CC(=O)Cl)c2)cc1. The third-order valence-corrected chi connectivity index (χ3v) is 3.60. The summed E-state index contributed by atoms with van der Waals surface area (Å²) in [6.45, 7) is 5.47. The molecular weight excluding hydrogens is 368 g/mol. The van der Waals surface area contributed by atoms with Gasteiger partial charge in [-0.25, -0.2) is 9.59 Å². The van der Waals surface area contributed by atoms with Crippen LogP contribution in [0.25, 0.3) is 0 Å². The van der Waals surface area contributed by atoms with Crippen molar-refractivity contribution in [1.29, 1.82) is 0 Å². The standard InChI is InChI=1S/C21H21ClO5/c1-21(2,3)27-20(25)16-9-7-14(8-10-16)13-26-19(24)17-6-4-5-15(11-17)12-18(22)23/h4-11H,12-13H2,1-3H3. The topological polar surface area (TPSA) is 69.7 Å². The smallest absolute Gasteiger partial charge is 0.338 e. The van der Waals surface area contributed by atoms with E-state index in [1.54, 1.807) is 69.3 Å². The number of benzene rings is 2. The molecule has 0 saturated heterocycles. The molecule has 0 unspecified atom stereocenters. The number of carbonyl (C=O) groups excluding carboxylic acids is 3. The van der Waals surface area contributed by atoms with Crippen molar-refractivity contribution in [3.63, 3.8) is 0 Å². The lowest BCUT2D eigenvalue weighted by Crippen LogP contribution is -2.23. The Bertz CT molecular complexity index is 834. The first-order valence-corrected chi connectivity index (χ1v) is 8.78. The lowest BCUT2D eigenvalue weighted by atomic mass is 10.1. The number of esters is 2. The number of hydrogen-bond donors (Lipinski definition) is 0. The van der Waals surface area contributed by atoms with Gasteiger partial charge in [0, 0.05) is 6.42 Å². The van der Waals surface area contributed by atoms with Crippen LogP contribution in [-0.2, 0) is 27.3 Å². The van der Waals surface area contributed by atoms with Gasteiger partial charge in [0.05, 0.1) is 11.1 Å². The first-order valence-electron chi connectivity index (χ1n) is 8.41. The van der Waals surface area contributed by atoms with Crippen LogP contribution in [0.4, 0.5) is 0 Å². The van der Waals surface area contributed by atoms with Crippen LogP contribution in [0.3, 0.4) is 0 Å². The molecule has 0 N–H and O–H groups in total. The van der Waals surface area contributed by atoms with Gasteiger partial charge in [0.2, 0.25) is 5.24 Å². The summed E-state index contributed by atoms with van der Waals surface area (Å²) >= 11 is 5.37. The molecular formula is C21H21ClO5. The molecule has 2 rings (SSSR count). The average molecular weight is 389 g/mol. The number of halogens is 1. The summed E-state index contributed by atoms with van der Waals surface area (Å²) < 4.78 is 10.6. The molecule has 0 aliphatic carbocycles. The minimum absolute atomic E-state index is 0.0504. The molecule has 27 heavy (non-hydrogen) atoms. The van der Waals surface area contributed by atoms with Gasteiger partial charge >= 0.3 is 11.9 Å². The van der Waals surface area contributed by atoms with E-state index in [1.165, 1.54) is 0 Å². The zero-order valence-corrected chi connectivity index (χ0v) is 16.2. The van der Waals surface area contributed by atoms with Crippen molar-refractivity contribution in [2.75, 3.05) is 0 Å². The molecule has 0 amide bonds. The Balaban J connectivity index is 1.95. The minimum atomic E-state index is -0.562. The Morgan fingerprint density at radius 3 is 2.15 bits per heavy atom. The van der Waals surface area contributed by atoms with Crippen LogP contribution in [0.15, 0.2) is 48.5 Å². The quantitative estimate of drug-likeness (QED) is 0.544. The molecule has 0 aliphatic rings. The predicted molar refractivity (Wildman–Crippen MR) is 102 cm³/mol. The monoisotopic (exact) mass is 388 g/mol. The molecule has 2 aromatic carbocycles. The van der Waals surface area contributed by atoms with Crippen LogP contribution in [0.2, 0.25) is 0 Å². The normalized spacial score (nSPS) is 11.0. The van der Waals surface area contributed by atoms with E-state index in [1.807, 2.05) is 0 Å². The summed E-state index contributed by atoms with van der Waals surface area (Å²) in [5.74, 6) is -0.910. The maximum Gasteiger partial charge on any atom is 0.338 e. The highest BCUT2D eigenvalue weighted by molar-refractivity contribution is 6.63. The van der Waals surface area contributed by atoms with Crippen LogP contribution < -0.4 is 0 Å². The van der Waals surface area contributed by atoms with Crippen molar-refractivity contribution in [1.82, 2.24) is 0 Å². The van der Waals surface area contributed by atoms with Gasteiger partial charge in [-0.1, -0.05) is 24.3 Å². The van der Waals surface area contributed by atoms with Gasteiger partial charge in [0.15, 0.2) is 0 Å². The van der Waals surface area contributed by atoms with E-state index in [0.29, 0.717) is 16.7 Å². The van der Waals surface area contributed by atoms with Gasteiger partial charge in [-0.3, -0.25) is 4.79 Å². The number of ether oxygens (including phenoxy) is 2. The number of hydrogen-bond acceptors (Lipinski definition) is 5. The second-order valence-corrected chi connectivity index (χ2v) is 7.43. The first kappa shape index (κ1) is 20.6. The number of rotatable bonds is 6. The second kappa shape index (κ2) is 8.82. The fourth-order valence-corrected chi connectivity index (χ4v) is 2.43. The maximum absolute atomic E-state index is 12.2. The van der Waals surface area contributed by atoms with E-state index in [-0.39, 0.29) is 13.0 Å². The molecule has 6 heteroatoms. The fourth-order valence-electron chi connectivity index (χ4n) is 2.28. The predicted octanol–water partition coefficient (Wildman–Crippen LogP) is 4.31. The highest BCUT2D eigenvalue weighted by Gasteiger charge is 2.17. The lowest BCUT2D eigenvalue weighted by molar-refractivity contribution is -0.111. The van der Waals surface area contributed by atoms with Crippen LogP contribution in [0.5, 0.6) is 0 Å². The molecule has 0 heterocycles. The third kappa shape index (κ3) is 6.87. The molecule has 2 aromatic rings. The summed E-state index contributed by atoms with van der Waals surface area (Å²) in [7, 11) is 0. The van der Waals surface area contributed by atoms with Gasteiger partial charge in [0.25, 0.3) is 0 Å². The van der Waals surface area contributed by atoms with Crippen molar-refractivity contribution in [2.24, 2.45) is 0 Å². The van der Waals surface area contributed by atoms with E-state index < -0.39 is 22.8 Å². The Hall–Kier alpha value is -2.66. The first-order chi connectivity index (χ1) is 12.6. The fraction of sp³-hybridized carbons (Fsp3) is 0.286. The van der Waals surface area contributed by atoms with Crippen molar-refractivity contribution < 1.29 is 23.9 Å². The third-order valence-electron chi connectivity index (χ3n) is 3.46. The van der Waals surface area contributed by atoms with E-state index in [4.69, 9.17) is 21.1 Å². The molecule has 0 aromatic heterocycles. The van der Waals surface area contributed by atoms with Crippen molar-refractivity contribution in [3.8, 4) is 0 Å². The molecule has 0 spiro atoms. The molecule has 0 fully saturated rings. The van der Waals surface area contributed by atoms with Crippen LogP contribution in [0, 0.1) is 0 Å². The largest absolute Gasteiger partial charge is 0.457 e. The molecule has 0 saturated carbocycles. The Kier molecular flexibility index (Phi) is 6.75. The summed E-state index contributed by atoms with van der Waals surface area (Å²) in [6, 6.07) is 13.2. The summed E-state index contributed by atoms with van der Waals surface area (Å²) in [5.41, 5.74) is 1.59. The summed E-state index contributed by atoms with van der Waals surface area (Å²) in [4.78, 5) is 35.1. The zero-order valence-electron chi connectivity index (χ0n) is 15.5. The average Bonchev–Trinajstić information content (AvgIpc) is 2.58. The van der Waals surface area contributed by atoms with Crippen molar-refractivity contribution in [3.05, 3.63) is 70.8 Å². The molecule has 0 atom stereocenters. The van der Waals surface area contributed by atoms with E-state index in [9.17, 15) is 14.4 Å². The number of carbonyl (C=O) groups is 3. The second-order valence-electron chi connectivity index (χ2n) is 7.01. The minimum Gasteiger partial charge on any atom is -0.457 e. The van der Waals surface area contributed by atoms with Gasteiger partial charge < -0.3 is 9.47 Å². The maximum atomic E-state index is 12.2. The Morgan fingerprint density at radius 1 is 0.889 bits per heavy atom. The Morgan fingerprint density at radius 2 is 1.56 bits per heavy atom. The van der Waals surface area contributed by atoms with Crippen LogP contribution in [0.1, 0.15) is 52.6 Å². The van der Waals surface area contributed by atoms with Crippen molar-refractivity contribution >= 4 is 28.8 Å². The van der Waals surface area contributed by atoms with Gasteiger partial charge in [0.1, 0.15) is 12.2 Å². The van der Waals surface area contributed by atoms with E-state index >= 15 is 0 Å². The summed E-state index contributed by atoms with van der Waals surface area (Å²) in [5, 5.41) is -0.495. The molecule has 142 valence electrons. The highest BCUT2D eigenvalue weighted by atomic mass is 35.5. The molecule has 0 radical (unpaired) electrons. The molecule has 0 bridgehead atoms. The molecule has 5 nitrogen and oxygen atoms in total. The highest BCUT2D eigenvalue weighted by Crippen LogP contribution is 2.14.